The van der Waals surface area contributed by atoms with Crippen molar-refractivity contribution in [1.82, 2.24) is 19.4 Å². The molecule has 4 rings (SSSR count). The van der Waals surface area contributed by atoms with Crippen LogP contribution in [0.2, 0.25) is 0 Å². The zero-order valence-electron chi connectivity index (χ0n) is 19.4. The number of rotatable bonds is 8. The van der Waals surface area contributed by atoms with Crippen molar-refractivity contribution in [2.24, 2.45) is 11.7 Å². The van der Waals surface area contributed by atoms with Gasteiger partial charge in [-0.05, 0) is 43.7 Å². The largest absolute Gasteiger partial charge is 0.416 e. The number of amides is 1. The molecule has 0 unspecified atom stereocenters. The van der Waals surface area contributed by atoms with Gasteiger partial charge in [0.1, 0.15) is 17.8 Å². The number of nitrogens with two attached hydrogens (primary N) is 1. The fourth-order valence-electron chi connectivity index (χ4n) is 4.62. The number of aliphatic hydroxyl groups is 1. The van der Waals surface area contributed by atoms with Gasteiger partial charge in [-0.1, -0.05) is 12.1 Å². The number of fused-ring (bicyclic) bond motifs is 1. The van der Waals surface area contributed by atoms with E-state index in [4.69, 9.17) is 5.73 Å². The molecule has 2 atom stereocenters. The lowest BCUT2D eigenvalue weighted by molar-refractivity contribution is -0.137. The van der Waals surface area contributed by atoms with E-state index in [1.165, 1.54) is 18.5 Å². The molecule has 11 heteroatoms. The molecule has 3 aromatic rings. The number of piperidine rings is 1. The van der Waals surface area contributed by atoms with Crippen LogP contribution in [-0.4, -0.2) is 62.7 Å². The van der Waals surface area contributed by atoms with Gasteiger partial charge in [0.25, 0.3) is 0 Å². The number of hydrogen-bond acceptors (Lipinski definition) is 6. The number of aliphatic hydroxyl groups excluding tert-OH is 1. The number of nitrogens with zero attached hydrogens (tertiary/aromatic N) is 5. The summed E-state index contributed by atoms with van der Waals surface area (Å²) in [4.78, 5) is 23.9. The lowest BCUT2D eigenvalue weighted by atomic mass is 9.93. The number of carbonyl (C=O) groups excluding carboxylic acids is 1. The zero-order valence-corrected chi connectivity index (χ0v) is 19.4. The third-order valence-electron chi connectivity index (χ3n) is 6.49. The van der Waals surface area contributed by atoms with Crippen LogP contribution in [0.5, 0.6) is 0 Å². The Hall–Kier alpha value is -3.18. The summed E-state index contributed by atoms with van der Waals surface area (Å²) in [5.41, 5.74) is 6.07. The third kappa shape index (κ3) is 5.73. The van der Waals surface area contributed by atoms with Crippen molar-refractivity contribution in [3.05, 3.63) is 54.0 Å². The van der Waals surface area contributed by atoms with Crippen LogP contribution in [0, 0.1) is 5.92 Å². The summed E-state index contributed by atoms with van der Waals surface area (Å²) in [7, 11) is 0. The molecule has 0 aliphatic carbocycles. The first kappa shape index (κ1) is 24.9. The molecule has 0 bridgehead atoms. The van der Waals surface area contributed by atoms with Crippen LogP contribution in [0.4, 0.5) is 19.0 Å². The van der Waals surface area contributed by atoms with Gasteiger partial charge in [0.05, 0.1) is 23.6 Å². The molecule has 2 aromatic heterocycles. The Morgan fingerprint density at radius 2 is 1.97 bits per heavy atom. The second-order valence-electron chi connectivity index (χ2n) is 8.93. The monoisotopic (exact) mass is 490 g/mol. The molecule has 0 spiro atoms. The molecule has 0 saturated carbocycles. The van der Waals surface area contributed by atoms with Crippen molar-refractivity contribution in [3.8, 4) is 0 Å². The number of aromatic nitrogens is 3. The van der Waals surface area contributed by atoms with E-state index in [9.17, 15) is 23.1 Å². The summed E-state index contributed by atoms with van der Waals surface area (Å²) >= 11 is 0. The predicted octanol–water partition coefficient (Wildman–Crippen LogP) is 2.64. The maximum atomic E-state index is 12.9. The molecular formula is C24H29F3N6O2. The number of halogens is 3. The van der Waals surface area contributed by atoms with Crippen molar-refractivity contribution in [2.75, 3.05) is 31.1 Å². The average Bonchev–Trinajstić information content (AvgIpc) is 3.21. The number of benzene rings is 1. The van der Waals surface area contributed by atoms with Crippen molar-refractivity contribution in [1.29, 1.82) is 0 Å². The normalized spacial score (nSPS) is 19.2. The van der Waals surface area contributed by atoms with Crippen LogP contribution in [0.1, 0.15) is 24.5 Å². The Morgan fingerprint density at radius 1 is 1.23 bits per heavy atom. The van der Waals surface area contributed by atoms with Gasteiger partial charge in [-0.3, -0.25) is 9.69 Å². The first-order valence-electron chi connectivity index (χ1n) is 11.6. The van der Waals surface area contributed by atoms with Crippen LogP contribution in [-0.2, 0) is 24.1 Å². The molecule has 1 fully saturated rings. The molecule has 8 nitrogen and oxygen atoms in total. The van der Waals surface area contributed by atoms with Gasteiger partial charge in [0.2, 0.25) is 5.91 Å². The van der Waals surface area contributed by atoms with Gasteiger partial charge >= 0.3 is 6.18 Å². The molecule has 1 amide bonds. The number of β-amino-alcohol motifs (C(OH)–C–C–N with tert-alkyl or cyclic N) is 1. The van der Waals surface area contributed by atoms with Gasteiger partial charge < -0.3 is 20.3 Å². The smallest absolute Gasteiger partial charge is 0.391 e. The number of carbonyl (C=O) groups is 1. The first-order chi connectivity index (χ1) is 16.7. The highest BCUT2D eigenvalue weighted by molar-refractivity contribution is 5.87. The lowest BCUT2D eigenvalue weighted by Gasteiger charge is -2.35. The topological polar surface area (TPSA) is 101 Å². The summed E-state index contributed by atoms with van der Waals surface area (Å²) < 4.78 is 40.6. The van der Waals surface area contributed by atoms with E-state index in [2.05, 4.69) is 9.97 Å². The first-order valence-corrected chi connectivity index (χ1v) is 11.6. The van der Waals surface area contributed by atoms with Gasteiger partial charge in [-0.2, -0.15) is 13.2 Å². The molecule has 188 valence electrons. The molecule has 3 N–H and O–H groups in total. The van der Waals surface area contributed by atoms with Gasteiger partial charge in [0.15, 0.2) is 0 Å². The number of primary amides is 1. The van der Waals surface area contributed by atoms with Gasteiger partial charge in [-0.25, -0.2) is 9.97 Å². The van der Waals surface area contributed by atoms with Crippen molar-refractivity contribution in [2.45, 2.75) is 38.7 Å². The Labute approximate surface area is 201 Å². The highest BCUT2D eigenvalue weighted by atomic mass is 19.4. The maximum absolute atomic E-state index is 12.9. The van der Waals surface area contributed by atoms with Crippen LogP contribution in [0.3, 0.4) is 0 Å². The Morgan fingerprint density at radius 3 is 2.60 bits per heavy atom. The number of anilines is 1. The van der Waals surface area contributed by atoms with E-state index in [1.807, 2.05) is 33.6 Å². The molecule has 1 aromatic carbocycles. The maximum Gasteiger partial charge on any atom is 0.416 e. The Kier molecular flexibility index (Phi) is 7.27. The lowest BCUT2D eigenvalue weighted by Crippen LogP contribution is -2.47. The molecule has 35 heavy (non-hydrogen) atoms. The molecule has 1 aliphatic heterocycles. The Balaban J connectivity index is 1.50. The number of alkyl halides is 3. The predicted molar refractivity (Wildman–Crippen MR) is 125 cm³/mol. The third-order valence-corrected chi connectivity index (χ3v) is 6.49. The number of hydrogen-bond donors (Lipinski definition) is 2. The SMILES string of the molecule is CCN(Cc1ccc(C(F)(F)F)cc1)c1ncnc2c1ccn2C[C@H]1CCN(CC(N)=O)C[C@@H]1O. The fraction of sp³-hybridized carbons (Fsp3) is 0.458. The van der Waals surface area contributed by atoms with E-state index < -0.39 is 23.8 Å². The molecule has 0 radical (unpaired) electrons. The summed E-state index contributed by atoms with van der Waals surface area (Å²) in [5, 5.41) is 11.5. The van der Waals surface area contributed by atoms with Crippen molar-refractivity contribution in [3.63, 3.8) is 0 Å². The fourth-order valence-corrected chi connectivity index (χ4v) is 4.62. The van der Waals surface area contributed by atoms with Gasteiger partial charge in [0, 0.05) is 38.3 Å². The standard InChI is InChI=1S/C24H29F3N6O2/c1-2-32(11-16-3-5-18(6-4-16)24(25,26)27)22-19-8-10-33(23(19)30-15-29-22)12-17-7-9-31(13-20(17)34)14-21(28)35/h3-6,8,10,15,17,20,34H,2,7,9,11-14H2,1H3,(H2,28,35)/t17-,20+/m1/s1. The van der Waals surface area contributed by atoms with E-state index >= 15 is 0 Å². The second-order valence-corrected chi connectivity index (χ2v) is 8.93. The zero-order chi connectivity index (χ0) is 25.2. The van der Waals surface area contributed by atoms with Crippen LogP contribution in [0.25, 0.3) is 11.0 Å². The highest BCUT2D eigenvalue weighted by Crippen LogP contribution is 2.30. The van der Waals surface area contributed by atoms with Gasteiger partial charge in [-0.15, -0.1) is 0 Å². The van der Waals surface area contributed by atoms with E-state index in [0.717, 1.165) is 35.2 Å². The highest BCUT2D eigenvalue weighted by Gasteiger charge is 2.30. The summed E-state index contributed by atoms with van der Waals surface area (Å²) in [6.07, 6.45) is -0.835. The molecule has 1 saturated heterocycles. The molecule has 3 heterocycles. The molecule has 1 aliphatic rings. The van der Waals surface area contributed by atoms with E-state index in [1.54, 1.807) is 0 Å². The van der Waals surface area contributed by atoms with Crippen LogP contribution < -0.4 is 10.6 Å². The summed E-state index contributed by atoms with van der Waals surface area (Å²) in [6.45, 7) is 4.75. The summed E-state index contributed by atoms with van der Waals surface area (Å²) in [5.74, 6) is 0.295. The molecular weight excluding hydrogens is 461 g/mol. The minimum absolute atomic E-state index is 0.00238. The summed E-state index contributed by atoms with van der Waals surface area (Å²) in [6, 6.07) is 7.08. The average molecular weight is 491 g/mol. The second kappa shape index (κ2) is 10.2. The minimum Gasteiger partial charge on any atom is -0.391 e. The van der Waals surface area contributed by atoms with E-state index in [0.29, 0.717) is 38.5 Å². The van der Waals surface area contributed by atoms with Crippen LogP contribution >= 0.6 is 0 Å². The van der Waals surface area contributed by atoms with E-state index in [-0.39, 0.29) is 12.5 Å². The van der Waals surface area contributed by atoms with Crippen molar-refractivity contribution < 1.29 is 23.1 Å². The quantitative estimate of drug-likeness (QED) is 0.504. The Bertz CT molecular complexity index is 1160. The number of likely N-dealkylation sites (tertiary alicyclic amines) is 1. The van der Waals surface area contributed by atoms with Crippen LogP contribution in [0.15, 0.2) is 42.9 Å². The van der Waals surface area contributed by atoms with Crippen molar-refractivity contribution >= 4 is 22.8 Å². The minimum atomic E-state index is -4.36.